The summed E-state index contributed by atoms with van der Waals surface area (Å²) in [5, 5.41) is 4.14. The molecule has 2 saturated heterocycles. The number of anilines is 1. The Hall–Kier alpha value is -1.99. The predicted molar refractivity (Wildman–Crippen MR) is 127 cm³/mol. The number of rotatable bonds is 8. The van der Waals surface area contributed by atoms with Crippen molar-refractivity contribution in [3.8, 4) is 0 Å². The first-order valence-electron chi connectivity index (χ1n) is 11.8. The fourth-order valence-electron chi connectivity index (χ4n) is 4.72. The van der Waals surface area contributed by atoms with E-state index < -0.39 is 0 Å². The first-order valence-corrected chi connectivity index (χ1v) is 12.6. The van der Waals surface area contributed by atoms with E-state index in [9.17, 15) is 4.79 Å². The molecule has 1 aromatic heterocycles. The number of piperidine rings is 2. The third-order valence-electron chi connectivity index (χ3n) is 6.59. The second kappa shape index (κ2) is 11.0. The minimum Gasteiger partial charge on any atom is -0.356 e. The third kappa shape index (κ3) is 6.26. The summed E-state index contributed by atoms with van der Waals surface area (Å²) in [6.45, 7) is 7.10. The summed E-state index contributed by atoms with van der Waals surface area (Å²) in [5.41, 5.74) is 1.22. The molecule has 0 spiro atoms. The number of carbonyl (C=O) groups excluding carboxylic acids is 1. The summed E-state index contributed by atoms with van der Waals surface area (Å²) in [6, 6.07) is 11.0. The number of likely N-dealkylation sites (tertiary alicyclic amines) is 1. The number of nitrogens with zero attached hydrogens (tertiary/aromatic N) is 4. The molecule has 168 valence electrons. The summed E-state index contributed by atoms with van der Waals surface area (Å²) in [5.74, 6) is 1.11. The van der Waals surface area contributed by atoms with E-state index in [1.165, 1.54) is 42.9 Å². The van der Waals surface area contributed by atoms with E-state index in [1.54, 1.807) is 0 Å². The van der Waals surface area contributed by atoms with Gasteiger partial charge in [0, 0.05) is 50.2 Å². The molecule has 2 aliphatic rings. The lowest BCUT2D eigenvalue weighted by Crippen LogP contribution is -2.44. The maximum absolute atomic E-state index is 12.8. The van der Waals surface area contributed by atoms with Gasteiger partial charge in [0.25, 0.3) is 0 Å². The van der Waals surface area contributed by atoms with Crippen molar-refractivity contribution in [2.24, 2.45) is 5.92 Å². The molecule has 0 aliphatic carbocycles. The molecule has 1 aromatic carbocycles. The first-order chi connectivity index (χ1) is 15.2. The normalized spacial score (nSPS) is 22.4. The zero-order valence-electron chi connectivity index (χ0n) is 18.6. The van der Waals surface area contributed by atoms with Crippen molar-refractivity contribution in [2.75, 3.05) is 37.6 Å². The quantitative estimate of drug-likeness (QED) is 0.633. The Morgan fingerprint density at radius 2 is 2.03 bits per heavy atom. The largest absolute Gasteiger partial charge is 0.356 e. The van der Waals surface area contributed by atoms with Crippen molar-refractivity contribution in [3.05, 3.63) is 41.7 Å². The van der Waals surface area contributed by atoms with Gasteiger partial charge in [0.2, 0.25) is 11.0 Å². The Morgan fingerprint density at radius 3 is 2.87 bits per heavy atom. The fourth-order valence-corrected chi connectivity index (χ4v) is 5.44. The number of hydrogen-bond acceptors (Lipinski definition) is 6. The van der Waals surface area contributed by atoms with Crippen LogP contribution in [0, 0.1) is 5.92 Å². The van der Waals surface area contributed by atoms with Crippen molar-refractivity contribution < 1.29 is 4.79 Å². The Bertz CT molecular complexity index is 826. The van der Waals surface area contributed by atoms with Gasteiger partial charge in [-0.05, 0) is 51.1 Å². The summed E-state index contributed by atoms with van der Waals surface area (Å²) in [7, 11) is 0. The highest BCUT2D eigenvalue weighted by atomic mass is 32.1. The van der Waals surface area contributed by atoms with Crippen LogP contribution in [0.5, 0.6) is 0 Å². The zero-order chi connectivity index (χ0) is 21.5. The van der Waals surface area contributed by atoms with Gasteiger partial charge in [-0.1, -0.05) is 36.8 Å². The van der Waals surface area contributed by atoms with Gasteiger partial charge < -0.3 is 15.1 Å². The zero-order valence-corrected chi connectivity index (χ0v) is 19.4. The van der Waals surface area contributed by atoms with Crippen molar-refractivity contribution in [2.45, 2.75) is 57.9 Å². The Balaban J connectivity index is 1.22. The van der Waals surface area contributed by atoms with Crippen molar-refractivity contribution in [1.82, 2.24) is 19.6 Å². The second-order valence-electron chi connectivity index (χ2n) is 8.97. The van der Waals surface area contributed by atoms with Crippen LogP contribution in [-0.2, 0) is 11.2 Å². The minimum absolute atomic E-state index is 0.0455. The topological polar surface area (TPSA) is 61.4 Å². The molecule has 7 heteroatoms. The van der Waals surface area contributed by atoms with E-state index in [0.717, 1.165) is 62.8 Å². The standard InChI is InChI=1S/C24H35N5OS/c1-19-9-5-6-14-28(19)16-8-13-25-23(30)21-12-7-15-29(18-21)24-26-22(27-31-24)17-20-10-3-2-4-11-20/h2-4,10-11,19,21H,5-9,12-18H2,1H3,(H,25,30). The van der Waals surface area contributed by atoms with Crippen LogP contribution < -0.4 is 10.2 Å². The average Bonchev–Trinajstić information content (AvgIpc) is 3.27. The molecule has 1 amide bonds. The summed E-state index contributed by atoms with van der Waals surface area (Å²) < 4.78 is 4.55. The van der Waals surface area contributed by atoms with Crippen LogP contribution in [-0.4, -0.2) is 58.9 Å². The summed E-state index contributed by atoms with van der Waals surface area (Å²) in [4.78, 5) is 22.3. The lowest BCUT2D eigenvalue weighted by molar-refractivity contribution is -0.125. The fraction of sp³-hybridized carbons (Fsp3) is 0.625. The maximum Gasteiger partial charge on any atom is 0.224 e. The highest BCUT2D eigenvalue weighted by molar-refractivity contribution is 7.09. The van der Waals surface area contributed by atoms with Crippen LogP contribution >= 0.6 is 11.5 Å². The SMILES string of the molecule is CC1CCCCN1CCCNC(=O)C1CCCN(c2nc(Cc3ccccc3)ns2)C1. The Labute approximate surface area is 190 Å². The second-order valence-corrected chi connectivity index (χ2v) is 9.70. The van der Waals surface area contributed by atoms with E-state index in [0.29, 0.717) is 6.04 Å². The molecule has 3 heterocycles. The maximum atomic E-state index is 12.8. The van der Waals surface area contributed by atoms with Gasteiger partial charge in [0.1, 0.15) is 5.82 Å². The molecule has 0 saturated carbocycles. The first kappa shape index (κ1) is 22.2. The van der Waals surface area contributed by atoms with Crippen LogP contribution in [0.2, 0.25) is 0 Å². The van der Waals surface area contributed by atoms with Gasteiger partial charge in [-0.15, -0.1) is 0 Å². The van der Waals surface area contributed by atoms with Crippen LogP contribution in [0.4, 0.5) is 5.13 Å². The molecule has 0 radical (unpaired) electrons. The molecule has 4 rings (SSSR count). The summed E-state index contributed by atoms with van der Waals surface area (Å²) >= 11 is 1.45. The molecular formula is C24H35N5OS. The number of hydrogen-bond donors (Lipinski definition) is 1. The molecule has 2 unspecified atom stereocenters. The van der Waals surface area contributed by atoms with Crippen LogP contribution in [0.1, 0.15) is 56.8 Å². The van der Waals surface area contributed by atoms with Gasteiger partial charge in [0.15, 0.2) is 0 Å². The molecule has 1 N–H and O–H groups in total. The Kier molecular flexibility index (Phi) is 7.92. The number of carbonyl (C=O) groups is 1. The van der Waals surface area contributed by atoms with Gasteiger partial charge in [0.05, 0.1) is 5.92 Å². The number of benzene rings is 1. The van der Waals surface area contributed by atoms with E-state index in [1.807, 2.05) is 18.2 Å². The highest BCUT2D eigenvalue weighted by Gasteiger charge is 2.27. The monoisotopic (exact) mass is 441 g/mol. The van der Waals surface area contributed by atoms with Gasteiger partial charge in [-0.25, -0.2) is 4.98 Å². The van der Waals surface area contributed by atoms with Gasteiger partial charge in [-0.2, -0.15) is 4.37 Å². The third-order valence-corrected chi connectivity index (χ3v) is 7.40. The van der Waals surface area contributed by atoms with E-state index in [4.69, 9.17) is 4.98 Å². The lowest BCUT2D eigenvalue weighted by atomic mass is 9.97. The van der Waals surface area contributed by atoms with Crippen molar-refractivity contribution in [3.63, 3.8) is 0 Å². The molecule has 0 bridgehead atoms. The molecular weight excluding hydrogens is 406 g/mol. The highest BCUT2D eigenvalue weighted by Crippen LogP contribution is 2.25. The molecule has 2 fully saturated rings. The molecule has 6 nitrogen and oxygen atoms in total. The van der Waals surface area contributed by atoms with Crippen molar-refractivity contribution in [1.29, 1.82) is 0 Å². The summed E-state index contributed by atoms with van der Waals surface area (Å²) in [6.07, 6.45) is 7.75. The van der Waals surface area contributed by atoms with E-state index in [-0.39, 0.29) is 11.8 Å². The smallest absolute Gasteiger partial charge is 0.224 e. The number of amides is 1. The molecule has 2 atom stereocenters. The lowest BCUT2D eigenvalue weighted by Gasteiger charge is -2.33. The molecule has 2 aromatic rings. The van der Waals surface area contributed by atoms with Gasteiger partial charge in [-0.3, -0.25) is 4.79 Å². The predicted octanol–water partition coefficient (Wildman–Crippen LogP) is 3.73. The van der Waals surface area contributed by atoms with Crippen LogP contribution in [0.15, 0.2) is 30.3 Å². The van der Waals surface area contributed by atoms with E-state index in [2.05, 4.69) is 38.5 Å². The number of aromatic nitrogens is 2. The minimum atomic E-state index is 0.0455. The van der Waals surface area contributed by atoms with Crippen LogP contribution in [0.3, 0.4) is 0 Å². The average molecular weight is 442 g/mol. The molecule has 2 aliphatic heterocycles. The number of nitrogens with one attached hydrogen (secondary N) is 1. The van der Waals surface area contributed by atoms with Crippen LogP contribution in [0.25, 0.3) is 0 Å². The van der Waals surface area contributed by atoms with Gasteiger partial charge >= 0.3 is 0 Å². The van der Waals surface area contributed by atoms with E-state index >= 15 is 0 Å². The van der Waals surface area contributed by atoms with Crippen molar-refractivity contribution >= 4 is 22.6 Å². The molecule has 31 heavy (non-hydrogen) atoms. The Morgan fingerprint density at radius 1 is 1.16 bits per heavy atom.